The van der Waals surface area contributed by atoms with Crippen molar-refractivity contribution in [2.24, 2.45) is 0 Å². The maximum atomic E-state index is 12.4. The summed E-state index contributed by atoms with van der Waals surface area (Å²) in [6.45, 7) is 2.73. The molecule has 0 heterocycles. The van der Waals surface area contributed by atoms with E-state index in [4.69, 9.17) is 16.3 Å². The van der Waals surface area contributed by atoms with Crippen molar-refractivity contribution >= 4 is 33.2 Å². The van der Waals surface area contributed by atoms with E-state index >= 15 is 0 Å². The number of nitrogens with zero attached hydrogens (tertiary/aromatic N) is 1. The number of carbonyl (C=O) groups excluding carboxylic acids is 1. The van der Waals surface area contributed by atoms with Gasteiger partial charge < -0.3 is 10.1 Å². The van der Waals surface area contributed by atoms with Gasteiger partial charge in [-0.3, -0.25) is 9.10 Å². The molecule has 6 nitrogen and oxygen atoms in total. The molecule has 1 N–H and O–H groups in total. The normalized spacial score (nSPS) is 11.1. The van der Waals surface area contributed by atoms with E-state index in [9.17, 15) is 13.2 Å². The second-order valence-corrected chi connectivity index (χ2v) is 9.63. The largest absolute Gasteiger partial charge is 0.492 e. The van der Waals surface area contributed by atoms with Gasteiger partial charge in [-0.1, -0.05) is 48.0 Å². The highest BCUT2D eigenvalue weighted by atomic mass is 35.5. The van der Waals surface area contributed by atoms with E-state index in [1.54, 1.807) is 30.3 Å². The predicted octanol–water partition coefficient (Wildman–Crippen LogP) is 4.42. The van der Waals surface area contributed by atoms with Crippen molar-refractivity contribution in [1.82, 2.24) is 5.32 Å². The Bertz CT molecular complexity index is 1170. The lowest BCUT2D eigenvalue weighted by molar-refractivity contribution is 0.0947. The molecule has 3 aromatic rings. The first-order valence-corrected chi connectivity index (χ1v) is 12.3. The van der Waals surface area contributed by atoms with Crippen molar-refractivity contribution in [3.63, 3.8) is 0 Å². The Morgan fingerprint density at radius 2 is 1.72 bits per heavy atom. The molecular formula is C24H25ClN2O4S. The molecule has 0 saturated carbocycles. The minimum atomic E-state index is -3.49. The highest BCUT2D eigenvalue weighted by molar-refractivity contribution is 7.92. The van der Waals surface area contributed by atoms with Crippen LogP contribution in [0.15, 0.2) is 72.8 Å². The zero-order valence-corrected chi connectivity index (χ0v) is 19.5. The molecule has 0 spiro atoms. The number of rotatable bonds is 9. The second kappa shape index (κ2) is 10.5. The molecule has 32 heavy (non-hydrogen) atoms. The molecule has 0 fully saturated rings. The fourth-order valence-corrected chi connectivity index (χ4v) is 4.09. The Kier molecular flexibility index (Phi) is 7.77. The second-order valence-electron chi connectivity index (χ2n) is 7.32. The minimum Gasteiger partial charge on any atom is -0.492 e. The molecule has 0 atom stereocenters. The van der Waals surface area contributed by atoms with Gasteiger partial charge in [0.2, 0.25) is 10.0 Å². The third kappa shape index (κ3) is 6.48. The summed E-state index contributed by atoms with van der Waals surface area (Å²) in [7, 11) is -3.49. The zero-order chi connectivity index (χ0) is 23.1. The van der Waals surface area contributed by atoms with Crippen LogP contribution in [0.5, 0.6) is 5.75 Å². The van der Waals surface area contributed by atoms with Crippen molar-refractivity contribution < 1.29 is 17.9 Å². The topological polar surface area (TPSA) is 75.7 Å². The van der Waals surface area contributed by atoms with Crippen LogP contribution in [0.4, 0.5) is 5.69 Å². The van der Waals surface area contributed by atoms with Crippen LogP contribution in [0, 0.1) is 6.92 Å². The number of anilines is 1. The lowest BCUT2D eigenvalue weighted by atomic mass is 10.2. The van der Waals surface area contributed by atoms with E-state index in [0.717, 1.165) is 17.4 Å². The monoisotopic (exact) mass is 472 g/mol. The minimum absolute atomic E-state index is 0.214. The number of benzene rings is 3. The molecule has 0 unspecified atom stereocenters. The number of aryl methyl sites for hydroxylation is 1. The molecule has 3 rings (SSSR count). The Morgan fingerprint density at radius 3 is 2.34 bits per heavy atom. The number of ether oxygens (including phenoxy) is 1. The van der Waals surface area contributed by atoms with Crippen LogP contribution in [0.2, 0.25) is 5.02 Å². The number of sulfonamides is 1. The van der Waals surface area contributed by atoms with Gasteiger partial charge in [-0.05, 0) is 54.4 Å². The first-order chi connectivity index (χ1) is 15.2. The van der Waals surface area contributed by atoms with Crippen LogP contribution in [-0.4, -0.2) is 33.7 Å². The maximum Gasteiger partial charge on any atom is 0.251 e. The van der Waals surface area contributed by atoms with Crippen molar-refractivity contribution in [3.8, 4) is 5.75 Å². The summed E-state index contributed by atoms with van der Waals surface area (Å²) >= 11 is 6.07. The fraction of sp³-hybridized carbons (Fsp3) is 0.208. The number of hydrogen-bond donors (Lipinski definition) is 1. The lowest BCUT2D eigenvalue weighted by Crippen LogP contribution is -2.30. The number of halogens is 1. The fourth-order valence-electron chi connectivity index (χ4n) is 3.03. The van der Waals surface area contributed by atoms with Crippen LogP contribution in [-0.2, 0) is 16.6 Å². The van der Waals surface area contributed by atoms with E-state index in [1.807, 2.05) is 49.4 Å². The van der Waals surface area contributed by atoms with Gasteiger partial charge in [0, 0.05) is 10.6 Å². The number of amides is 1. The third-order valence-electron chi connectivity index (χ3n) is 4.79. The van der Waals surface area contributed by atoms with Crippen LogP contribution < -0.4 is 14.4 Å². The molecular weight excluding hydrogens is 448 g/mol. The molecule has 0 aliphatic heterocycles. The highest BCUT2D eigenvalue weighted by Crippen LogP contribution is 2.22. The van der Waals surface area contributed by atoms with Gasteiger partial charge in [0.1, 0.15) is 12.4 Å². The van der Waals surface area contributed by atoms with E-state index in [2.05, 4.69) is 5.32 Å². The van der Waals surface area contributed by atoms with E-state index < -0.39 is 10.0 Å². The molecule has 0 bridgehead atoms. The lowest BCUT2D eigenvalue weighted by Gasteiger charge is -2.22. The smallest absolute Gasteiger partial charge is 0.251 e. The molecule has 8 heteroatoms. The van der Waals surface area contributed by atoms with Crippen LogP contribution in [0.3, 0.4) is 0 Å². The quantitative estimate of drug-likeness (QED) is 0.467. The Balaban J connectivity index is 1.58. The first-order valence-electron chi connectivity index (χ1n) is 10.0. The van der Waals surface area contributed by atoms with Crippen LogP contribution in [0.25, 0.3) is 0 Å². The van der Waals surface area contributed by atoms with Crippen LogP contribution in [0.1, 0.15) is 21.5 Å². The molecule has 0 aliphatic carbocycles. The van der Waals surface area contributed by atoms with Gasteiger partial charge in [-0.2, -0.15) is 0 Å². The van der Waals surface area contributed by atoms with Crippen molar-refractivity contribution in [2.45, 2.75) is 13.5 Å². The average molecular weight is 473 g/mol. The summed E-state index contributed by atoms with van der Waals surface area (Å²) in [5.74, 6) is 0.370. The van der Waals surface area contributed by atoms with E-state index in [0.29, 0.717) is 35.2 Å². The number of nitrogens with one attached hydrogen (secondary N) is 1. The number of carbonyl (C=O) groups is 1. The first kappa shape index (κ1) is 23.6. The Morgan fingerprint density at radius 1 is 1.03 bits per heavy atom. The molecule has 0 aromatic heterocycles. The van der Waals surface area contributed by atoms with Gasteiger partial charge >= 0.3 is 0 Å². The summed E-state index contributed by atoms with van der Waals surface area (Å²) in [6.07, 6.45) is 1.16. The molecule has 1 amide bonds. The van der Waals surface area contributed by atoms with E-state index in [-0.39, 0.29) is 12.5 Å². The summed E-state index contributed by atoms with van der Waals surface area (Å²) < 4.78 is 31.5. The summed E-state index contributed by atoms with van der Waals surface area (Å²) in [5.41, 5.74) is 2.76. The average Bonchev–Trinajstić information content (AvgIpc) is 2.77. The van der Waals surface area contributed by atoms with Crippen molar-refractivity contribution in [2.75, 3.05) is 23.7 Å². The Labute approximate surface area is 193 Å². The van der Waals surface area contributed by atoms with Crippen molar-refractivity contribution in [3.05, 3.63) is 94.5 Å². The molecule has 3 aromatic carbocycles. The summed E-state index contributed by atoms with van der Waals surface area (Å²) in [4.78, 5) is 12.4. The summed E-state index contributed by atoms with van der Waals surface area (Å²) in [5, 5.41) is 3.41. The Hall–Kier alpha value is -3.03. The zero-order valence-electron chi connectivity index (χ0n) is 17.9. The molecule has 0 saturated heterocycles. The number of hydrogen-bond acceptors (Lipinski definition) is 4. The molecule has 0 aliphatic rings. The third-order valence-corrected chi connectivity index (χ3v) is 6.33. The van der Waals surface area contributed by atoms with Gasteiger partial charge in [-0.15, -0.1) is 0 Å². The summed E-state index contributed by atoms with van der Waals surface area (Å²) in [6, 6.07) is 21.2. The SMILES string of the molecule is Cc1ccc(OCCNC(=O)c2ccc(N(Cc3ccccc3)S(C)(=O)=O)cc2)cc1Cl. The molecule has 0 radical (unpaired) electrons. The van der Waals surface area contributed by atoms with E-state index in [1.165, 1.54) is 4.31 Å². The van der Waals surface area contributed by atoms with Crippen molar-refractivity contribution in [1.29, 1.82) is 0 Å². The predicted molar refractivity (Wildman–Crippen MR) is 128 cm³/mol. The van der Waals surface area contributed by atoms with Gasteiger partial charge in [0.05, 0.1) is 25.0 Å². The maximum absolute atomic E-state index is 12.4. The van der Waals surface area contributed by atoms with Crippen LogP contribution >= 0.6 is 11.6 Å². The van der Waals surface area contributed by atoms with Gasteiger partial charge in [0.25, 0.3) is 5.91 Å². The van der Waals surface area contributed by atoms with Gasteiger partial charge in [0.15, 0.2) is 0 Å². The highest BCUT2D eigenvalue weighted by Gasteiger charge is 2.18. The standard InChI is InChI=1S/C24H25ClN2O4S/c1-18-8-13-22(16-23(18)25)31-15-14-26-24(28)20-9-11-21(12-10-20)27(32(2,29)30)17-19-6-4-3-5-7-19/h3-13,16H,14-15,17H2,1-2H3,(H,26,28). The molecule has 168 valence electrons. The van der Waals surface area contributed by atoms with Gasteiger partial charge in [-0.25, -0.2) is 8.42 Å².